The van der Waals surface area contributed by atoms with Gasteiger partial charge < -0.3 is 10.5 Å². The van der Waals surface area contributed by atoms with E-state index in [1.807, 2.05) is 0 Å². The molecule has 170 valence electrons. The molecular formula is C20H20Cl2N4O5S. The van der Waals surface area contributed by atoms with Gasteiger partial charge in [-0.05, 0) is 30.2 Å². The van der Waals surface area contributed by atoms with Crippen molar-refractivity contribution in [3.63, 3.8) is 0 Å². The number of benzene rings is 1. The minimum Gasteiger partial charge on any atom is -0.442 e. The zero-order chi connectivity index (χ0) is 23.6. The molecule has 12 heteroatoms. The molecule has 0 saturated heterocycles. The second-order valence-corrected chi connectivity index (χ2v) is 9.91. The lowest BCUT2D eigenvalue weighted by molar-refractivity contribution is 0.145. The van der Waals surface area contributed by atoms with Crippen molar-refractivity contribution in [1.82, 2.24) is 14.1 Å². The fraction of sp³-hybridized carbons (Fsp3) is 0.250. The van der Waals surface area contributed by atoms with Crippen molar-refractivity contribution in [2.45, 2.75) is 43.0 Å². The van der Waals surface area contributed by atoms with Gasteiger partial charge in [0.25, 0.3) is 5.56 Å². The maximum absolute atomic E-state index is 13.7. The van der Waals surface area contributed by atoms with E-state index in [9.17, 15) is 18.0 Å². The van der Waals surface area contributed by atoms with Gasteiger partial charge in [0, 0.05) is 22.3 Å². The maximum atomic E-state index is 13.7. The molecule has 0 fully saturated rings. The smallest absolute Gasteiger partial charge is 0.404 e. The van der Waals surface area contributed by atoms with Crippen LogP contribution in [0.15, 0.2) is 57.3 Å². The van der Waals surface area contributed by atoms with Gasteiger partial charge in [-0.25, -0.2) is 18.2 Å². The molecule has 9 nitrogen and oxygen atoms in total. The topological polar surface area (TPSA) is 126 Å². The summed E-state index contributed by atoms with van der Waals surface area (Å²) in [5.74, 6) is -0.217. The van der Waals surface area contributed by atoms with Crippen molar-refractivity contribution in [3.05, 3.63) is 74.5 Å². The highest BCUT2D eigenvalue weighted by Crippen LogP contribution is 2.32. The molecule has 2 aromatic heterocycles. The van der Waals surface area contributed by atoms with Crippen molar-refractivity contribution in [2.75, 3.05) is 0 Å². The third kappa shape index (κ3) is 4.98. The molecule has 3 aromatic rings. The number of sulfone groups is 1. The van der Waals surface area contributed by atoms with Gasteiger partial charge in [-0.2, -0.15) is 0 Å². The van der Waals surface area contributed by atoms with E-state index in [0.29, 0.717) is 0 Å². The Kier molecular flexibility index (Phi) is 6.97. The predicted octanol–water partition coefficient (Wildman–Crippen LogP) is 3.41. The average Bonchev–Trinajstić information content (AvgIpc) is 3.06. The molecule has 0 unspecified atom stereocenters. The van der Waals surface area contributed by atoms with E-state index in [-0.39, 0.29) is 56.2 Å². The normalized spacial score (nSPS) is 11.7. The average molecular weight is 499 g/mol. The standard InChI is InChI=1S/C20H20Cl2N4O5S/c1-12(2)18-19(32(29,30)15-8-13(21)7-14(22)9-15)26(16(24-18)10-31-20(23)28)11-25-6-4-3-5-17(25)27/h3-9,12H,10-11H2,1-2H3,(H2,23,28). The second kappa shape index (κ2) is 9.35. The highest BCUT2D eigenvalue weighted by molar-refractivity contribution is 7.91. The van der Waals surface area contributed by atoms with Gasteiger partial charge in [0.05, 0.1) is 10.6 Å². The summed E-state index contributed by atoms with van der Waals surface area (Å²) in [6.45, 7) is 2.95. The minimum absolute atomic E-state index is 0.106. The Morgan fingerprint density at radius 1 is 1.19 bits per heavy atom. The van der Waals surface area contributed by atoms with Crippen molar-refractivity contribution < 1.29 is 17.9 Å². The minimum atomic E-state index is -4.20. The first-order valence-electron chi connectivity index (χ1n) is 9.39. The number of imidazole rings is 1. The summed E-state index contributed by atoms with van der Waals surface area (Å²) in [6, 6.07) is 8.50. The number of primary amides is 1. The molecule has 0 bridgehead atoms. The Hall–Kier alpha value is -2.82. The van der Waals surface area contributed by atoms with Crippen molar-refractivity contribution >= 4 is 39.1 Å². The van der Waals surface area contributed by atoms with E-state index in [4.69, 9.17) is 33.7 Å². The number of nitrogens with two attached hydrogens (primary N) is 1. The molecule has 0 aliphatic carbocycles. The van der Waals surface area contributed by atoms with Crippen LogP contribution < -0.4 is 11.3 Å². The van der Waals surface area contributed by atoms with Gasteiger partial charge in [0.2, 0.25) is 9.84 Å². The Balaban J connectivity index is 2.30. The van der Waals surface area contributed by atoms with Crippen LogP contribution >= 0.6 is 23.2 Å². The van der Waals surface area contributed by atoms with Crippen molar-refractivity contribution in [3.8, 4) is 0 Å². The van der Waals surface area contributed by atoms with Crippen LogP contribution in [0, 0.1) is 0 Å². The monoisotopic (exact) mass is 498 g/mol. The third-order valence-corrected chi connectivity index (χ3v) is 6.74. The van der Waals surface area contributed by atoms with Crippen LogP contribution in [0.3, 0.4) is 0 Å². The van der Waals surface area contributed by atoms with E-state index in [1.165, 1.54) is 39.6 Å². The first-order chi connectivity index (χ1) is 15.0. The molecule has 0 spiro atoms. The van der Waals surface area contributed by atoms with Crippen LogP contribution in [0.1, 0.15) is 31.3 Å². The predicted molar refractivity (Wildman–Crippen MR) is 119 cm³/mol. The Labute approximate surface area is 194 Å². The summed E-state index contributed by atoms with van der Waals surface area (Å²) in [5, 5.41) is 0.124. The number of ether oxygens (including phenoxy) is 1. The fourth-order valence-corrected chi connectivity index (χ4v) is 5.53. The van der Waals surface area contributed by atoms with Crippen molar-refractivity contribution in [2.24, 2.45) is 5.73 Å². The molecule has 0 aliphatic rings. The number of nitrogens with zero attached hydrogens (tertiary/aromatic N) is 3. The van der Waals surface area contributed by atoms with Crippen LogP contribution in [0.4, 0.5) is 4.79 Å². The highest BCUT2D eigenvalue weighted by atomic mass is 35.5. The van der Waals surface area contributed by atoms with E-state index < -0.39 is 15.9 Å². The quantitative estimate of drug-likeness (QED) is 0.531. The highest BCUT2D eigenvalue weighted by Gasteiger charge is 2.32. The number of carbonyl (C=O) groups excluding carboxylic acids is 1. The summed E-state index contributed by atoms with van der Waals surface area (Å²) in [5.41, 5.74) is 4.95. The molecule has 2 N–H and O–H groups in total. The largest absolute Gasteiger partial charge is 0.442 e. The molecule has 0 atom stereocenters. The lowest BCUT2D eigenvalue weighted by Crippen LogP contribution is -2.26. The number of hydrogen-bond donors (Lipinski definition) is 1. The first-order valence-corrected chi connectivity index (χ1v) is 11.6. The molecular weight excluding hydrogens is 479 g/mol. The lowest BCUT2D eigenvalue weighted by Gasteiger charge is -2.15. The summed E-state index contributed by atoms with van der Waals surface area (Å²) < 4.78 is 34.9. The third-order valence-electron chi connectivity index (χ3n) is 4.51. The van der Waals surface area contributed by atoms with Gasteiger partial charge >= 0.3 is 6.09 Å². The van der Waals surface area contributed by atoms with Crippen LogP contribution in [0.25, 0.3) is 0 Å². The molecule has 0 radical (unpaired) electrons. The number of carbonyl (C=O) groups is 1. The zero-order valence-electron chi connectivity index (χ0n) is 17.2. The van der Waals surface area contributed by atoms with Crippen LogP contribution in [-0.2, 0) is 27.8 Å². The Morgan fingerprint density at radius 2 is 1.84 bits per heavy atom. The van der Waals surface area contributed by atoms with Gasteiger partial charge in [0.1, 0.15) is 12.5 Å². The van der Waals surface area contributed by atoms with Crippen LogP contribution in [0.2, 0.25) is 10.0 Å². The number of aromatic nitrogens is 3. The summed E-state index contributed by atoms with van der Waals surface area (Å²) in [4.78, 5) is 27.8. The van der Waals surface area contributed by atoms with Gasteiger partial charge in [-0.3, -0.25) is 13.9 Å². The maximum Gasteiger partial charge on any atom is 0.404 e. The number of rotatable bonds is 7. The molecule has 2 heterocycles. The summed E-state index contributed by atoms with van der Waals surface area (Å²) in [7, 11) is -4.20. The summed E-state index contributed by atoms with van der Waals surface area (Å²) >= 11 is 12.1. The summed E-state index contributed by atoms with van der Waals surface area (Å²) in [6.07, 6.45) is 0.455. The molecule has 0 saturated carbocycles. The molecule has 0 aliphatic heterocycles. The van der Waals surface area contributed by atoms with Gasteiger partial charge in [0.15, 0.2) is 11.6 Å². The number of hydrogen-bond acceptors (Lipinski definition) is 6. The SMILES string of the molecule is CC(C)c1nc(COC(N)=O)n(Cn2ccccc2=O)c1S(=O)(=O)c1cc(Cl)cc(Cl)c1. The molecule has 1 amide bonds. The van der Waals surface area contributed by atoms with Gasteiger partial charge in [-0.1, -0.05) is 43.1 Å². The van der Waals surface area contributed by atoms with Gasteiger partial charge in [-0.15, -0.1) is 0 Å². The van der Waals surface area contributed by atoms with Crippen LogP contribution in [-0.4, -0.2) is 28.6 Å². The Bertz CT molecular complexity index is 1310. The lowest BCUT2D eigenvalue weighted by atomic mass is 10.1. The number of pyridine rings is 1. The number of amides is 1. The first kappa shape index (κ1) is 23.8. The van der Waals surface area contributed by atoms with E-state index >= 15 is 0 Å². The van der Waals surface area contributed by atoms with E-state index in [0.717, 1.165) is 0 Å². The molecule has 3 rings (SSSR count). The van der Waals surface area contributed by atoms with Crippen LogP contribution in [0.5, 0.6) is 0 Å². The molecule has 32 heavy (non-hydrogen) atoms. The van der Waals surface area contributed by atoms with E-state index in [2.05, 4.69) is 4.98 Å². The van der Waals surface area contributed by atoms with E-state index in [1.54, 1.807) is 26.0 Å². The van der Waals surface area contributed by atoms with Crippen molar-refractivity contribution in [1.29, 1.82) is 0 Å². The fourth-order valence-electron chi connectivity index (χ4n) is 3.08. The zero-order valence-corrected chi connectivity index (χ0v) is 19.5. The Morgan fingerprint density at radius 3 is 2.41 bits per heavy atom. The second-order valence-electron chi connectivity index (χ2n) is 7.17. The molecule has 1 aromatic carbocycles. The number of halogens is 2.